The molecule has 98 valence electrons. The minimum Gasteiger partial charge on any atom is -0.489 e. The average Bonchev–Trinajstić information content (AvgIpc) is 2.44. The van der Waals surface area contributed by atoms with Crippen molar-refractivity contribution in [2.24, 2.45) is 0 Å². The summed E-state index contributed by atoms with van der Waals surface area (Å²) in [7, 11) is 0. The average molecular weight is 254 g/mol. The Morgan fingerprint density at radius 1 is 0.947 bits per heavy atom. The SMILES string of the molecule is CCCC1COc2ccccc2-c2ccccc2O1. The van der Waals surface area contributed by atoms with Crippen LogP contribution in [-0.2, 0) is 0 Å². The minimum absolute atomic E-state index is 0.125. The van der Waals surface area contributed by atoms with Gasteiger partial charge in [0, 0.05) is 11.1 Å². The van der Waals surface area contributed by atoms with Gasteiger partial charge in [-0.3, -0.25) is 0 Å². The van der Waals surface area contributed by atoms with Crippen molar-refractivity contribution in [3.8, 4) is 22.6 Å². The summed E-state index contributed by atoms with van der Waals surface area (Å²) in [6.45, 7) is 2.78. The fourth-order valence-corrected chi connectivity index (χ4v) is 2.47. The largest absolute Gasteiger partial charge is 0.489 e. The van der Waals surface area contributed by atoms with Crippen molar-refractivity contribution in [3.05, 3.63) is 48.5 Å². The Kier molecular flexibility index (Phi) is 3.41. The maximum atomic E-state index is 6.11. The zero-order valence-corrected chi connectivity index (χ0v) is 11.1. The smallest absolute Gasteiger partial charge is 0.133 e. The molecule has 1 unspecified atom stereocenters. The highest BCUT2D eigenvalue weighted by Gasteiger charge is 2.19. The van der Waals surface area contributed by atoms with E-state index in [4.69, 9.17) is 9.47 Å². The molecule has 0 fully saturated rings. The summed E-state index contributed by atoms with van der Waals surface area (Å²) < 4.78 is 12.0. The molecular formula is C17H18O2. The van der Waals surface area contributed by atoms with Crippen LogP contribution in [0.4, 0.5) is 0 Å². The van der Waals surface area contributed by atoms with Crippen molar-refractivity contribution in [2.75, 3.05) is 6.61 Å². The van der Waals surface area contributed by atoms with E-state index in [9.17, 15) is 0 Å². The molecule has 0 saturated heterocycles. The van der Waals surface area contributed by atoms with Crippen molar-refractivity contribution >= 4 is 0 Å². The molecule has 0 N–H and O–H groups in total. The summed E-state index contributed by atoms with van der Waals surface area (Å²) in [4.78, 5) is 0. The molecule has 2 aromatic carbocycles. The van der Waals surface area contributed by atoms with Gasteiger partial charge in [0.05, 0.1) is 0 Å². The van der Waals surface area contributed by atoms with Gasteiger partial charge in [-0.25, -0.2) is 0 Å². The van der Waals surface area contributed by atoms with Crippen molar-refractivity contribution < 1.29 is 9.47 Å². The Balaban J connectivity index is 2.07. The lowest BCUT2D eigenvalue weighted by Crippen LogP contribution is -2.26. The van der Waals surface area contributed by atoms with Gasteiger partial charge in [0.15, 0.2) is 0 Å². The zero-order chi connectivity index (χ0) is 13.1. The molecular weight excluding hydrogens is 236 g/mol. The highest BCUT2D eigenvalue weighted by Crippen LogP contribution is 2.38. The van der Waals surface area contributed by atoms with E-state index in [-0.39, 0.29) is 6.10 Å². The van der Waals surface area contributed by atoms with Gasteiger partial charge in [0.1, 0.15) is 24.2 Å². The van der Waals surface area contributed by atoms with Gasteiger partial charge in [-0.05, 0) is 18.6 Å². The second-order valence-electron chi connectivity index (χ2n) is 4.83. The third kappa shape index (κ3) is 2.43. The number of fused-ring (bicyclic) bond motifs is 3. The third-order valence-electron chi connectivity index (χ3n) is 3.39. The van der Waals surface area contributed by atoms with Crippen molar-refractivity contribution in [1.29, 1.82) is 0 Å². The first kappa shape index (κ1) is 12.1. The van der Waals surface area contributed by atoms with E-state index in [0.29, 0.717) is 6.61 Å². The molecule has 0 spiro atoms. The van der Waals surface area contributed by atoms with Gasteiger partial charge in [-0.1, -0.05) is 49.7 Å². The molecule has 19 heavy (non-hydrogen) atoms. The molecule has 2 heteroatoms. The zero-order valence-electron chi connectivity index (χ0n) is 11.1. The summed E-state index contributed by atoms with van der Waals surface area (Å²) in [5, 5.41) is 0. The van der Waals surface area contributed by atoms with Gasteiger partial charge < -0.3 is 9.47 Å². The molecule has 0 bridgehead atoms. The number of ether oxygens (including phenoxy) is 2. The molecule has 3 rings (SSSR count). The van der Waals surface area contributed by atoms with Crippen molar-refractivity contribution in [1.82, 2.24) is 0 Å². The Bertz CT molecular complexity index is 563. The number of benzene rings is 2. The molecule has 1 aliphatic heterocycles. The van der Waals surface area contributed by atoms with E-state index >= 15 is 0 Å². The lowest BCUT2D eigenvalue weighted by Gasteiger charge is -2.25. The lowest BCUT2D eigenvalue weighted by molar-refractivity contribution is 0.118. The fraction of sp³-hybridized carbons (Fsp3) is 0.294. The Morgan fingerprint density at radius 2 is 1.58 bits per heavy atom. The van der Waals surface area contributed by atoms with Gasteiger partial charge in [-0.15, -0.1) is 0 Å². The molecule has 1 atom stereocenters. The normalized spacial score (nSPS) is 17.2. The third-order valence-corrected chi connectivity index (χ3v) is 3.39. The lowest BCUT2D eigenvalue weighted by atomic mass is 10.0. The number of rotatable bonds is 2. The maximum Gasteiger partial charge on any atom is 0.133 e. The Hall–Kier alpha value is -1.96. The van der Waals surface area contributed by atoms with E-state index in [1.54, 1.807) is 0 Å². The van der Waals surface area contributed by atoms with Crippen LogP contribution in [0.5, 0.6) is 11.5 Å². The first-order valence-electron chi connectivity index (χ1n) is 6.86. The maximum absolute atomic E-state index is 6.11. The van der Waals surface area contributed by atoms with Crippen LogP contribution >= 0.6 is 0 Å². The Morgan fingerprint density at radius 3 is 2.32 bits per heavy atom. The number of para-hydroxylation sites is 2. The van der Waals surface area contributed by atoms with Crippen molar-refractivity contribution in [2.45, 2.75) is 25.9 Å². The van der Waals surface area contributed by atoms with Gasteiger partial charge in [-0.2, -0.15) is 0 Å². The summed E-state index contributed by atoms with van der Waals surface area (Å²) in [6, 6.07) is 16.3. The second kappa shape index (κ2) is 5.35. The van der Waals surface area contributed by atoms with Crippen LogP contribution in [0.1, 0.15) is 19.8 Å². The monoisotopic (exact) mass is 254 g/mol. The highest BCUT2D eigenvalue weighted by atomic mass is 16.5. The van der Waals surface area contributed by atoms with Crippen LogP contribution in [-0.4, -0.2) is 12.7 Å². The van der Waals surface area contributed by atoms with Crippen LogP contribution in [0.2, 0.25) is 0 Å². The molecule has 0 saturated carbocycles. The summed E-state index contributed by atoms with van der Waals surface area (Å²) in [5.41, 5.74) is 2.21. The van der Waals surface area contributed by atoms with E-state index in [2.05, 4.69) is 19.1 Å². The van der Waals surface area contributed by atoms with Gasteiger partial charge in [0.25, 0.3) is 0 Å². The van der Waals surface area contributed by atoms with Crippen molar-refractivity contribution in [3.63, 3.8) is 0 Å². The van der Waals surface area contributed by atoms with Crippen LogP contribution in [0.15, 0.2) is 48.5 Å². The molecule has 1 aliphatic rings. The minimum atomic E-state index is 0.125. The van der Waals surface area contributed by atoms with Gasteiger partial charge >= 0.3 is 0 Å². The molecule has 2 nitrogen and oxygen atoms in total. The first-order valence-corrected chi connectivity index (χ1v) is 6.86. The van der Waals surface area contributed by atoms with Gasteiger partial charge in [0.2, 0.25) is 0 Å². The fourth-order valence-electron chi connectivity index (χ4n) is 2.47. The number of hydrogen-bond donors (Lipinski definition) is 0. The van der Waals surface area contributed by atoms with E-state index in [1.807, 2.05) is 36.4 Å². The second-order valence-corrected chi connectivity index (χ2v) is 4.83. The molecule has 2 aromatic rings. The van der Waals surface area contributed by atoms with E-state index in [1.165, 1.54) is 0 Å². The Labute approximate surface area is 114 Å². The topological polar surface area (TPSA) is 18.5 Å². The molecule has 0 aromatic heterocycles. The highest BCUT2D eigenvalue weighted by molar-refractivity contribution is 5.75. The summed E-state index contributed by atoms with van der Waals surface area (Å²) in [5.74, 6) is 1.90. The molecule has 0 amide bonds. The van der Waals surface area contributed by atoms with Crippen LogP contribution in [0, 0.1) is 0 Å². The summed E-state index contributed by atoms with van der Waals surface area (Å²) >= 11 is 0. The number of hydrogen-bond acceptors (Lipinski definition) is 2. The molecule has 0 radical (unpaired) electrons. The first-order chi connectivity index (χ1) is 9.38. The van der Waals surface area contributed by atoms with E-state index in [0.717, 1.165) is 35.5 Å². The van der Waals surface area contributed by atoms with Crippen LogP contribution < -0.4 is 9.47 Å². The van der Waals surface area contributed by atoms with Crippen LogP contribution in [0.25, 0.3) is 11.1 Å². The quantitative estimate of drug-likeness (QED) is 0.795. The standard InChI is InChI=1S/C17H18O2/c1-2-7-13-12-18-16-10-5-3-8-14(16)15-9-4-6-11-17(15)19-13/h3-6,8-11,13H,2,7,12H2,1H3. The molecule has 1 heterocycles. The summed E-state index contributed by atoms with van der Waals surface area (Å²) in [6.07, 6.45) is 2.23. The predicted molar refractivity (Wildman–Crippen MR) is 76.7 cm³/mol. The van der Waals surface area contributed by atoms with E-state index < -0.39 is 0 Å². The molecule has 0 aliphatic carbocycles. The van der Waals surface area contributed by atoms with Crippen LogP contribution in [0.3, 0.4) is 0 Å². The predicted octanol–water partition coefficient (Wildman–Crippen LogP) is 4.29.